The number of hydrogen-bond acceptors (Lipinski definition) is 7. The Kier molecular flexibility index (Phi) is 13.1. The summed E-state index contributed by atoms with van der Waals surface area (Å²) in [6, 6.07) is 6.42. The summed E-state index contributed by atoms with van der Waals surface area (Å²) >= 11 is 0. The Balaban J connectivity index is 0.000000535. The van der Waals surface area contributed by atoms with E-state index in [1.54, 1.807) is 20.8 Å². The fraction of sp³-hybridized carbons (Fsp3) is 0.538. The predicted octanol–water partition coefficient (Wildman–Crippen LogP) is 0.157. The van der Waals surface area contributed by atoms with Crippen LogP contribution in [-0.4, -0.2) is 63.8 Å². The number of nitrogens with two attached hydrogens (primary N) is 1. The molecule has 1 saturated heterocycles. The average Bonchev–Trinajstić information content (AvgIpc) is 3.23. The summed E-state index contributed by atoms with van der Waals surface area (Å²) in [4.78, 5) is 17.2. The quantitative estimate of drug-likeness (QED) is 0.321. The molecule has 0 spiro atoms. The van der Waals surface area contributed by atoms with Crippen LogP contribution in [0.1, 0.15) is 46.4 Å². The molecule has 0 amide bonds. The number of nitrogens with zero attached hydrogens (tertiary/aromatic N) is 4. The number of unbranched alkanes of at least 4 members (excludes halogenated alkanes) is 1. The molecule has 0 radical (unpaired) electrons. The third-order valence-electron chi connectivity index (χ3n) is 6.49. The summed E-state index contributed by atoms with van der Waals surface area (Å²) in [6.07, 6.45) is 2.71. The standard InChI is InChI=1S/C19H25N6.C6H13O2.CH3.K/c1-3-4-5-16-22-17-14-7-6-13(25-10-8-24(2)9-11-25)12-15(14)21-19(20)18(17)23-16;1-5(8)6(2,3)4-7;;/h6-7,12H,2-5,8-11H2,1H3,(H2,20,21)(H,22,23);5,8H,4H2,1-3H3;1H3;/q3*-1;+1. The average molecular weight is 509 g/mol. The number of nitrogens with one attached hydrogen (secondary N) is 1. The van der Waals surface area contributed by atoms with Crippen molar-refractivity contribution in [3.05, 3.63) is 38.5 Å². The summed E-state index contributed by atoms with van der Waals surface area (Å²) in [6.45, 7) is 11.0. The molecule has 0 saturated carbocycles. The van der Waals surface area contributed by atoms with Gasteiger partial charge in [0.15, 0.2) is 0 Å². The van der Waals surface area contributed by atoms with Gasteiger partial charge in [-0.15, -0.1) is 6.61 Å². The second kappa shape index (κ2) is 14.2. The van der Waals surface area contributed by atoms with Crippen LogP contribution in [0.5, 0.6) is 0 Å². The Morgan fingerprint density at radius 2 is 1.89 bits per heavy atom. The van der Waals surface area contributed by atoms with Crippen molar-refractivity contribution in [1.82, 2.24) is 19.9 Å². The number of fused-ring (bicyclic) bond motifs is 3. The number of aromatic amines is 1. The number of aryl methyl sites for hydroxylation is 1. The first kappa shape index (κ1) is 32.2. The molecule has 35 heavy (non-hydrogen) atoms. The number of pyridine rings is 1. The first-order chi connectivity index (χ1) is 15.7. The van der Waals surface area contributed by atoms with Gasteiger partial charge in [0.25, 0.3) is 0 Å². The van der Waals surface area contributed by atoms with Crippen LogP contribution < -0.4 is 67.1 Å². The Labute approximate surface area is 253 Å². The number of rotatable bonds is 6. The molecule has 3 heterocycles. The van der Waals surface area contributed by atoms with Gasteiger partial charge in [-0.3, -0.25) is 7.05 Å². The van der Waals surface area contributed by atoms with Gasteiger partial charge < -0.3 is 38.2 Å². The molecular weight excluding hydrogens is 467 g/mol. The Bertz CT molecular complexity index is 1060. The third kappa shape index (κ3) is 8.10. The van der Waals surface area contributed by atoms with Gasteiger partial charge in [-0.05, 0) is 50.0 Å². The van der Waals surface area contributed by atoms with Crippen molar-refractivity contribution in [2.45, 2.75) is 53.1 Å². The van der Waals surface area contributed by atoms with Gasteiger partial charge >= 0.3 is 51.4 Å². The third-order valence-corrected chi connectivity index (χ3v) is 6.49. The van der Waals surface area contributed by atoms with E-state index in [1.807, 2.05) is 0 Å². The molecule has 4 N–H and O–H groups in total. The van der Waals surface area contributed by atoms with Crippen molar-refractivity contribution in [3.63, 3.8) is 0 Å². The van der Waals surface area contributed by atoms with Crippen LogP contribution in [0.25, 0.3) is 21.9 Å². The minimum atomic E-state index is -0.500. The van der Waals surface area contributed by atoms with Gasteiger partial charge in [-0.1, -0.05) is 27.2 Å². The molecular formula is C26H41KN6O2-2. The number of imidazole rings is 1. The molecule has 8 nitrogen and oxygen atoms in total. The van der Waals surface area contributed by atoms with E-state index >= 15 is 0 Å². The van der Waals surface area contributed by atoms with Gasteiger partial charge in [-0.2, -0.15) is 0 Å². The summed E-state index contributed by atoms with van der Waals surface area (Å²) in [5.74, 6) is 1.52. The number of aromatic nitrogens is 3. The number of hydrogen-bond donors (Lipinski definition) is 3. The minimum absolute atomic E-state index is 0. The summed E-state index contributed by atoms with van der Waals surface area (Å²) < 4.78 is 0. The van der Waals surface area contributed by atoms with Crippen molar-refractivity contribution in [1.29, 1.82) is 0 Å². The van der Waals surface area contributed by atoms with E-state index in [0.717, 1.165) is 73.2 Å². The van der Waals surface area contributed by atoms with Crippen LogP contribution in [0.3, 0.4) is 0 Å². The van der Waals surface area contributed by atoms with Gasteiger partial charge in [0.05, 0.1) is 11.6 Å². The summed E-state index contributed by atoms with van der Waals surface area (Å²) in [7, 11) is 4.01. The largest absolute Gasteiger partial charge is 1.00 e. The van der Waals surface area contributed by atoms with Gasteiger partial charge in [-0.25, -0.2) is 9.97 Å². The molecule has 190 valence electrons. The molecule has 1 aliphatic rings. The molecule has 0 aliphatic carbocycles. The second-order valence-electron chi connectivity index (χ2n) is 9.62. The van der Waals surface area contributed by atoms with E-state index in [1.165, 1.54) is 5.69 Å². The van der Waals surface area contributed by atoms with Gasteiger partial charge in [0, 0.05) is 30.6 Å². The predicted molar refractivity (Wildman–Crippen MR) is 140 cm³/mol. The smallest absolute Gasteiger partial charge is 0.854 e. The first-order valence-corrected chi connectivity index (χ1v) is 11.8. The SMILES string of the molecule is CC(O)C(C)(C)C[O-].[CH2-]N1CCN(c2ccc3c(c2)nc(N)c2[nH]c(CCCC)nc23)CC1.[CH3-].[K+]. The zero-order valence-corrected chi connectivity index (χ0v) is 25.5. The number of benzene rings is 1. The fourth-order valence-corrected chi connectivity index (χ4v) is 3.59. The van der Waals surface area contributed by atoms with E-state index in [4.69, 9.17) is 15.8 Å². The van der Waals surface area contributed by atoms with E-state index in [-0.39, 0.29) is 65.4 Å². The number of aliphatic hydroxyl groups excluding tert-OH is 1. The van der Waals surface area contributed by atoms with E-state index < -0.39 is 11.5 Å². The van der Waals surface area contributed by atoms with E-state index in [2.05, 4.69) is 51.9 Å². The summed E-state index contributed by atoms with van der Waals surface area (Å²) in [5, 5.41) is 20.2. The maximum Gasteiger partial charge on any atom is 1.00 e. The topological polar surface area (TPSA) is 117 Å². The van der Waals surface area contributed by atoms with Crippen molar-refractivity contribution in [2.75, 3.05) is 43.4 Å². The van der Waals surface area contributed by atoms with Gasteiger partial charge in [0.1, 0.15) is 22.7 Å². The maximum absolute atomic E-state index is 10.2. The molecule has 0 bridgehead atoms. The number of piperazine rings is 1. The van der Waals surface area contributed by atoms with Crippen molar-refractivity contribution < 1.29 is 61.6 Å². The number of H-pyrrole nitrogens is 1. The molecule has 1 atom stereocenters. The van der Waals surface area contributed by atoms with Crippen molar-refractivity contribution in [2.24, 2.45) is 5.41 Å². The Morgan fingerprint density at radius 3 is 2.43 bits per heavy atom. The normalized spacial score (nSPS) is 15.2. The van der Waals surface area contributed by atoms with Crippen molar-refractivity contribution >= 4 is 33.4 Å². The molecule has 1 unspecified atom stereocenters. The molecule has 4 rings (SSSR count). The van der Waals surface area contributed by atoms with Crippen LogP contribution in [0.4, 0.5) is 11.5 Å². The monoisotopic (exact) mass is 508 g/mol. The number of anilines is 2. The molecule has 1 fully saturated rings. The molecule has 2 aromatic heterocycles. The van der Waals surface area contributed by atoms with Crippen molar-refractivity contribution in [3.8, 4) is 0 Å². The second-order valence-corrected chi connectivity index (χ2v) is 9.62. The molecule has 3 aromatic rings. The van der Waals surface area contributed by atoms with Gasteiger partial charge in [0.2, 0.25) is 0 Å². The van der Waals surface area contributed by atoms with Crippen LogP contribution in [-0.2, 0) is 6.42 Å². The van der Waals surface area contributed by atoms with E-state index in [0.29, 0.717) is 5.82 Å². The zero-order chi connectivity index (χ0) is 24.2. The number of aliphatic hydroxyl groups is 1. The molecule has 1 aliphatic heterocycles. The fourth-order valence-electron chi connectivity index (χ4n) is 3.59. The van der Waals surface area contributed by atoms with Crippen LogP contribution in [0, 0.1) is 19.9 Å². The first-order valence-electron chi connectivity index (χ1n) is 11.8. The molecule has 9 heteroatoms. The Hall–Kier alpha value is -0.784. The van der Waals surface area contributed by atoms with Crippen LogP contribution in [0.15, 0.2) is 18.2 Å². The zero-order valence-electron chi connectivity index (χ0n) is 22.4. The minimum Gasteiger partial charge on any atom is -0.854 e. The van der Waals surface area contributed by atoms with Crippen LogP contribution >= 0.6 is 0 Å². The van der Waals surface area contributed by atoms with E-state index in [9.17, 15) is 5.11 Å². The Morgan fingerprint density at radius 1 is 1.23 bits per heavy atom. The number of nitrogen functional groups attached to an aromatic ring is 1. The van der Waals surface area contributed by atoms with Crippen LogP contribution in [0.2, 0.25) is 0 Å². The summed E-state index contributed by atoms with van der Waals surface area (Å²) in [5.41, 5.74) is 9.63. The molecule has 1 aromatic carbocycles. The maximum atomic E-state index is 10.2.